The molecule has 0 bridgehead atoms. The van der Waals surface area contributed by atoms with Crippen LogP contribution >= 0.6 is 0 Å². The molecule has 0 radical (unpaired) electrons. The van der Waals surface area contributed by atoms with Crippen molar-refractivity contribution in [2.75, 3.05) is 19.7 Å². The third kappa shape index (κ3) is 3.60. The zero-order chi connectivity index (χ0) is 18.0. The normalized spacial score (nSPS) is 20.2. The van der Waals surface area contributed by atoms with Crippen LogP contribution in [-0.4, -0.2) is 57.6 Å². The molecule has 1 fully saturated rings. The molecule has 0 aliphatic carbocycles. The van der Waals surface area contributed by atoms with Gasteiger partial charge in [-0.3, -0.25) is 4.79 Å². The first kappa shape index (κ1) is 17.6. The van der Waals surface area contributed by atoms with Crippen LogP contribution in [0.25, 0.3) is 5.69 Å². The number of ether oxygens (including phenoxy) is 1. The Bertz CT molecular complexity index is 742. The van der Waals surface area contributed by atoms with Gasteiger partial charge in [-0.2, -0.15) is 5.10 Å². The van der Waals surface area contributed by atoms with Gasteiger partial charge in [-0.05, 0) is 32.9 Å². The lowest BCUT2D eigenvalue weighted by molar-refractivity contribution is -0.130. The Balaban J connectivity index is 1.75. The van der Waals surface area contributed by atoms with Gasteiger partial charge in [-0.1, -0.05) is 18.2 Å². The first-order valence-corrected chi connectivity index (χ1v) is 8.69. The highest BCUT2D eigenvalue weighted by atomic mass is 16.5. The maximum atomic E-state index is 12.7. The minimum absolute atomic E-state index is 0.0000599. The first-order valence-electron chi connectivity index (χ1n) is 8.69. The van der Waals surface area contributed by atoms with Crippen molar-refractivity contribution in [2.24, 2.45) is 0 Å². The van der Waals surface area contributed by atoms with E-state index in [-0.39, 0.29) is 18.4 Å². The summed E-state index contributed by atoms with van der Waals surface area (Å²) in [5, 5.41) is 14.6. The van der Waals surface area contributed by atoms with E-state index in [1.807, 2.05) is 55.8 Å². The molecule has 0 unspecified atom stereocenters. The van der Waals surface area contributed by atoms with E-state index in [4.69, 9.17) is 4.74 Å². The molecule has 1 N–H and O–H groups in total. The molecule has 0 spiro atoms. The SMILES string of the molecule is CCO[C@@H]1CN(C(=O)Cc2c(C)nn(-c3ccccc3)c2C)C[C@H]1O. The van der Waals surface area contributed by atoms with Crippen molar-refractivity contribution in [3.8, 4) is 5.69 Å². The summed E-state index contributed by atoms with van der Waals surface area (Å²) in [5.74, 6) is 0.0000599. The quantitative estimate of drug-likeness (QED) is 0.896. The fraction of sp³-hybridized carbons (Fsp3) is 0.474. The molecular weight excluding hydrogens is 318 g/mol. The number of amides is 1. The Morgan fingerprint density at radius 1 is 1.28 bits per heavy atom. The molecule has 0 saturated carbocycles. The van der Waals surface area contributed by atoms with Crippen LogP contribution in [0.1, 0.15) is 23.9 Å². The summed E-state index contributed by atoms with van der Waals surface area (Å²) in [6.07, 6.45) is -0.614. The molecule has 1 saturated heterocycles. The van der Waals surface area contributed by atoms with Crippen LogP contribution in [-0.2, 0) is 16.0 Å². The van der Waals surface area contributed by atoms with Crippen LogP contribution in [0.15, 0.2) is 30.3 Å². The zero-order valence-electron chi connectivity index (χ0n) is 15.0. The highest BCUT2D eigenvalue weighted by Crippen LogP contribution is 2.21. The van der Waals surface area contributed by atoms with Crippen molar-refractivity contribution in [2.45, 2.75) is 39.4 Å². The van der Waals surface area contributed by atoms with Gasteiger partial charge in [0.2, 0.25) is 5.91 Å². The molecule has 6 heteroatoms. The van der Waals surface area contributed by atoms with Crippen LogP contribution in [0, 0.1) is 13.8 Å². The number of hydrogen-bond donors (Lipinski definition) is 1. The lowest BCUT2D eigenvalue weighted by atomic mass is 10.1. The van der Waals surface area contributed by atoms with Gasteiger partial charge in [0.25, 0.3) is 0 Å². The molecule has 2 aromatic rings. The van der Waals surface area contributed by atoms with E-state index in [9.17, 15) is 9.90 Å². The average Bonchev–Trinajstić information content (AvgIpc) is 3.11. The van der Waals surface area contributed by atoms with Gasteiger partial charge in [0.05, 0.1) is 23.9 Å². The molecule has 25 heavy (non-hydrogen) atoms. The summed E-state index contributed by atoms with van der Waals surface area (Å²) >= 11 is 0. The van der Waals surface area contributed by atoms with Crippen molar-refractivity contribution in [3.05, 3.63) is 47.3 Å². The van der Waals surface area contributed by atoms with Crippen LogP contribution in [0.5, 0.6) is 0 Å². The van der Waals surface area contributed by atoms with Gasteiger partial charge in [-0.25, -0.2) is 4.68 Å². The zero-order valence-corrected chi connectivity index (χ0v) is 15.0. The maximum absolute atomic E-state index is 12.7. The van der Waals surface area contributed by atoms with Crippen LogP contribution < -0.4 is 0 Å². The number of carbonyl (C=O) groups is 1. The van der Waals surface area contributed by atoms with Crippen molar-refractivity contribution in [1.29, 1.82) is 0 Å². The Morgan fingerprint density at radius 3 is 2.68 bits per heavy atom. The van der Waals surface area contributed by atoms with Crippen molar-refractivity contribution < 1.29 is 14.6 Å². The summed E-state index contributed by atoms with van der Waals surface area (Å²) < 4.78 is 7.37. The summed E-state index contributed by atoms with van der Waals surface area (Å²) in [7, 11) is 0. The van der Waals surface area contributed by atoms with E-state index in [1.54, 1.807) is 4.90 Å². The molecule has 3 rings (SSSR count). The van der Waals surface area contributed by atoms with E-state index in [1.165, 1.54) is 0 Å². The summed E-state index contributed by atoms with van der Waals surface area (Å²) in [6, 6.07) is 9.89. The predicted molar refractivity (Wildman–Crippen MR) is 94.7 cm³/mol. The minimum atomic E-state index is -0.613. The van der Waals surface area contributed by atoms with Gasteiger partial charge in [0.15, 0.2) is 0 Å². The number of β-amino-alcohol motifs (C(OH)–C–C–N with tert-alkyl or cyclic N) is 1. The number of benzene rings is 1. The molecular formula is C19H25N3O3. The number of aliphatic hydroxyl groups is 1. The van der Waals surface area contributed by atoms with Gasteiger partial charge in [0, 0.05) is 31.0 Å². The molecule has 1 aliphatic heterocycles. The second-order valence-electron chi connectivity index (χ2n) is 6.43. The van der Waals surface area contributed by atoms with E-state index in [0.717, 1.165) is 22.6 Å². The van der Waals surface area contributed by atoms with Gasteiger partial charge >= 0.3 is 0 Å². The van der Waals surface area contributed by atoms with E-state index < -0.39 is 6.10 Å². The van der Waals surface area contributed by atoms with Crippen LogP contribution in [0.4, 0.5) is 0 Å². The van der Waals surface area contributed by atoms with Gasteiger partial charge in [0.1, 0.15) is 6.10 Å². The largest absolute Gasteiger partial charge is 0.388 e. The number of carbonyl (C=O) groups excluding carboxylic acids is 1. The topological polar surface area (TPSA) is 67.6 Å². The average molecular weight is 343 g/mol. The molecule has 2 atom stereocenters. The number of aryl methyl sites for hydroxylation is 1. The number of para-hydroxylation sites is 1. The number of aromatic nitrogens is 2. The van der Waals surface area contributed by atoms with Crippen molar-refractivity contribution in [1.82, 2.24) is 14.7 Å². The fourth-order valence-electron chi connectivity index (χ4n) is 3.35. The first-order chi connectivity index (χ1) is 12.0. The fourth-order valence-corrected chi connectivity index (χ4v) is 3.35. The highest BCUT2D eigenvalue weighted by Gasteiger charge is 2.34. The smallest absolute Gasteiger partial charge is 0.227 e. The number of likely N-dealkylation sites (tertiary alicyclic amines) is 1. The summed E-state index contributed by atoms with van der Waals surface area (Å²) in [5.41, 5.74) is 3.76. The van der Waals surface area contributed by atoms with Crippen molar-refractivity contribution >= 4 is 5.91 Å². The highest BCUT2D eigenvalue weighted by molar-refractivity contribution is 5.79. The second kappa shape index (κ2) is 7.37. The monoisotopic (exact) mass is 343 g/mol. The molecule has 1 aromatic heterocycles. The van der Waals surface area contributed by atoms with Gasteiger partial charge < -0.3 is 14.7 Å². The second-order valence-corrected chi connectivity index (χ2v) is 6.43. The number of rotatable bonds is 5. The lowest BCUT2D eigenvalue weighted by Crippen LogP contribution is -2.31. The molecule has 1 aromatic carbocycles. The third-order valence-corrected chi connectivity index (χ3v) is 4.74. The Kier molecular flexibility index (Phi) is 5.20. The van der Waals surface area contributed by atoms with E-state index in [2.05, 4.69) is 5.10 Å². The third-order valence-electron chi connectivity index (χ3n) is 4.74. The molecule has 134 valence electrons. The maximum Gasteiger partial charge on any atom is 0.227 e. The molecule has 2 heterocycles. The minimum Gasteiger partial charge on any atom is -0.388 e. The summed E-state index contributed by atoms with van der Waals surface area (Å²) in [6.45, 7) is 7.11. The van der Waals surface area contributed by atoms with Crippen LogP contribution in [0.2, 0.25) is 0 Å². The van der Waals surface area contributed by atoms with Gasteiger partial charge in [-0.15, -0.1) is 0 Å². The number of hydrogen-bond acceptors (Lipinski definition) is 4. The predicted octanol–water partition coefficient (Wildman–Crippen LogP) is 1.64. The number of nitrogens with zero attached hydrogens (tertiary/aromatic N) is 3. The van der Waals surface area contributed by atoms with E-state index >= 15 is 0 Å². The Hall–Kier alpha value is -2.18. The summed E-state index contributed by atoms with van der Waals surface area (Å²) in [4.78, 5) is 14.4. The molecule has 1 amide bonds. The molecule has 6 nitrogen and oxygen atoms in total. The Morgan fingerprint density at radius 2 is 2.00 bits per heavy atom. The number of aliphatic hydroxyl groups excluding tert-OH is 1. The van der Waals surface area contributed by atoms with Crippen molar-refractivity contribution in [3.63, 3.8) is 0 Å². The lowest BCUT2D eigenvalue weighted by Gasteiger charge is -2.16. The standard InChI is InChI=1S/C19H25N3O3/c1-4-25-18-12-21(11-17(18)23)19(24)10-16-13(2)20-22(14(16)3)15-8-6-5-7-9-15/h5-9,17-18,23H,4,10-12H2,1-3H3/t17-,18-/m1/s1. The van der Waals surface area contributed by atoms with E-state index in [0.29, 0.717) is 19.7 Å². The Labute approximate surface area is 148 Å². The molecule has 1 aliphatic rings. The van der Waals surface area contributed by atoms with Crippen LogP contribution in [0.3, 0.4) is 0 Å².